The maximum Gasteiger partial charge on any atom is 0.322 e. The number of nitrogens with zero attached hydrogens (tertiary/aromatic N) is 1. The molecule has 0 aromatic heterocycles. The molecule has 0 aliphatic carbocycles. The van der Waals surface area contributed by atoms with Crippen molar-refractivity contribution in [1.82, 2.24) is 4.31 Å². The minimum Gasteiger partial charge on any atom is -0.480 e. The van der Waals surface area contributed by atoms with Gasteiger partial charge in [-0.2, -0.15) is 4.31 Å². The molecule has 0 unspecified atom stereocenters. The smallest absolute Gasteiger partial charge is 0.322 e. The number of carboxylic acid groups (broad SMARTS) is 1. The van der Waals surface area contributed by atoms with Crippen LogP contribution in [0.1, 0.15) is 18.4 Å². The highest BCUT2D eigenvalue weighted by atomic mass is 35.5. The lowest BCUT2D eigenvalue weighted by Crippen LogP contribution is -2.40. The minimum atomic E-state index is -3.79. The van der Waals surface area contributed by atoms with Crippen molar-refractivity contribution < 1.29 is 22.7 Å². The average molecular weight is 322 g/mol. The highest BCUT2D eigenvalue weighted by molar-refractivity contribution is 7.88. The second kappa shape index (κ2) is 5.67. The van der Waals surface area contributed by atoms with Gasteiger partial charge >= 0.3 is 5.97 Å². The van der Waals surface area contributed by atoms with Crippen molar-refractivity contribution in [3.8, 4) is 0 Å². The first-order valence-electron chi connectivity index (χ1n) is 5.97. The SMILES string of the molecule is O=C(O)[C@@H]1CCCN1S(=O)(=O)Cc1ccc(Cl)c(F)c1. The molecule has 1 atom stereocenters. The molecule has 1 N–H and O–H groups in total. The Morgan fingerprint density at radius 2 is 2.20 bits per heavy atom. The van der Waals surface area contributed by atoms with Gasteiger partial charge in [-0.25, -0.2) is 12.8 Å². The van der Waals surface area contributed by atoms with Gasteiger partial charge in [0.1, 0.15) is 11.9 Å². The number of benzene rings is 1. The van der Waals surface area contributed by atoms with Gasteiger partial charge in [0.05, 0.1) is 10.8 Å². The molecule has 8 heteroatoms. The van der Waals surface area contributed by atoms with Crippen LogP contribution in [0.3, 0.4) is 0 Å². The van der Waals surface area contributed by atoms with E-state index in [1.165, 1.54) is 12.1 Å². The van der Waals surface area contributed by atoms with Crippen LogP contribution < -0.4 is 0 Å². The Hall–Kier alpha value is -1.18. The second-order valence-corrected chi connectivity index (χ2v) is 6.94. The van der Waals surface area contributed by atoms with Crippen molar-refractivity contribution in [2.75, 3.05) is 6.54 Å². The van der Waals surface area contributed by atoms with Crippen molar-refractivity contribution in [3.63, 3.8) is 0 Å². The van der Waals surface area contributed by atoms with Gasteiger partial charge in [-0.15, -0.1) is 0 Å². The molecule has 1 heterocycles. The zero-order valence-electron chi connectivity index (χ0n) is 10.4. The molecule has 110 valence electrons. The Kier molecular flexibility index (Phi) is 4.31. The summed E-state index contributed by atoms with van der Waals surface area (Å²) < 4.78 is 38.7. The van der Waals surface area contributed by atoms with E-state index in [0.29, 0.717) is 12.8 Å². The Morgan fingerprint density at radius 3 is 2.80 bits per heavy atom. The second-order valence-electron chi connectivity index (χ2n) is 4.61. The van der Waals surface area contributed by atoms with Gasteiger partial charge in [-0.3, -0.25) is 4.79 Å². The number of hydrogen-bond donors (Lipinski definition) is 1. The first-order valence-corrected chi connectivity index (χ1v) is 7.96. The fourth-order valence-electron chi connectivity index (χ4n) is 2.24. The van der Waals surface area contributed by atoms with E-state index in [0.717, 1.165) is 10.4 Å². The molecular weight excluding hydrogens is 309 g/mol. The molecule has 1 fully saturated rings. The molecule has 5 nitrogen and oxygen atoms in total. The topological polar surface area (TPSA) is 74.7 Å². The molecular formula is C12H13ClFNO4S. The van der Waals surface area contributed by atoms with Crippen molar-refractivity contribution in [2.24, 2.45) is 0 Å². The maximum atomic E-state index is 13.3. The van der Waals surface area contributed by atoms with E-state index in [1.807, 2.05) is 0 Å². The van der Waals surface area contributed by atoms with Gasteiger partial charge in [-0.05, 0) is 30.5 Å². The largest absolute Gasteiger partial charge is 0.480 e. The van der Waals surface area contributed by atoms with Crippen LogP contribution in [-0.2, 0) is 20.6 Å². The lowest BCUT2D eigenvalue weighted by molar-refractivity contribution is -0.140. The molecule has 1 aromatic rings. The van der Waals surface area contributed by atoms with Gasteiger partial charge in [0.2, 0.25) is 10.0 Å². The third kappa shape index (κ3) is 3.11. The van der Waals surface area contributed by atoms with E-state index in [1.54, 1.807) is 0 Å². The molecule has 0 radical (unpaired) electrons. The van der Waals surface area contributed by atoms with Crippen LogP contribution in [0, 0.1) is 5.82 Å². The highest BCUT2D eigenvalue weighted by Crippen LogP contribution is 2.24. The average Bonchev–Trinajstić information content (AvgIpc) is 2.83. The summed E-state index contributed by atoms with van der Waals surface area (Å²) in [7, 11) is -3.79. The predicted octanol–water partition coefficient (Wildman–Crippen LogP) is 1.86. The molecule has 1 aliphatic rings. The van der Waals surface area contributed by atoms with Crippen LogP contribution >= 0.6 is 11.6 Å². The van der Waals surface area contributed by atoms with E-state index in [9.17, 15) is 17.6 Å². The number of sulfonamides is 1. The van der Waals surface area contributed by atoms with Crippen LogP contribution in [0.25, 0.3) is 0 Å². The fourth-order valence-corrected chi connectivity index (χ4v) is 4.12. The number of carboxylic acids is 1. The number of hydrogen-bond acceptors (Lipinski definition) is 3. The van der Waals surface area contributed by atoms with E-state index in [-0.39, 0.29) is 17.1 Å². The first kappa shape index (κ1) is 15.2. The molecule has 1 aromatic carbocycles. The quantitative estimate of drug-likeness (QED) is 0.918. The molecule has 0 amide bonds. The molecule has 1 aliphatic heterocycles. The van der Waals surface area contributed by atoms with Crippen LogP contribution in [0.15, 0.2) is 18.2 Å². The lowest BCUT2D eigenvalue weighted by atomic mass is 10.2. The fraction of sp³-hybridized carbons (Fsp3) is 0.417. The van der Waals surface area contributed by atoms with Crippen molar-refractivity contribution >= 4 is 27.6 Å². The van der Waals surface area contributed by atoms with Gasteiger partial charge in [0.25, 0.3) is 0 Å². The number of halogens is 2. The molecule has 20 heavy (non-hydrogen) atoms. The van der Waals surface area contributed by atoms with Crippen molar-refractivity contribution in [1.29, 1.82) is 0 Å². The normalized spacial score (nSPS) is 20.2. The summed E-state index contributed by atoms with van der Waals surface area (Å²) >= 11 is 5.53. The van der Waals surface area contributed by atoms with Crippen LogP contribution in [0.2, 0.25) is 5.02 Å². The van der Waals surface area contributed by atoms with E-state index in [4.69, 9.17) is 16.7 Å². The molecule has 1 saturated heterocycles. The maximum absolute atomic E-state index is 13.3. The molecule has 0 bridgehead atoms. The van der Waals surface area contributed by atoms with Crippen molar-refractivity contribution in [2.45, 2.75) is 24.6 Å². The minimum absolute atomic E-state index is 0.0873. The summed E-state index contributed by atoms with van der Waals surface area (Å²) in [6.45, 7) is 0.176. The zero-order valence-corrected chi connectivity index (χ0v) is 12.0. The zero-order chi connectivity index (χ0) is 14.9. The monoisotopic (exact) mass is 321 g/mol. The number of aliphatic carboxylic acids is 1. The Bertz CT molecular complexity index is 634. The third-order valence-corrected chi connectivity index (χ3v) is 5.34. The number of carbonyl (C=O) groups is 1. The highest BCUT2D eigenvalue weighted by Gasteiger charge is 2.38. The summed E-state index contributed by atoms with van der Waals surface area (Å²) in [5.41, 5.74) is 0.239. The summed E-state index contributed by atoms with van der Waals surface area (Å²) in [5.74, 6) is -2.30. The van der Waals surface area contributed by atoms with Crippen LogP contribution in [-0.4, -0.2) is 36.4 Å². The van der Waals surface area contributed by atoms with Gasteiger partial charge < -0.3 is 5.11 Å². The standard InChI is InChI=1S/C12H13ClFNO4S/c13-9-4-3-8(6-10(9)14)7-20(18,19)15-5-1-2-11(15)12(16)17/h3-4,6,11H,1-2,5,7H2,(H,16,17)/t11-/m0/s1. The molecule has 0 saturated carbocycles. The van der Waals surface area contributed by atoms with Crippen LogP contribution in [0.5, 0.6) is 0 Å². The van der Waals surface area contributed by atoms with E-state index >= 15 is 0 Å². The van der Waals surface area contributed by atoms with Crippen LogP contribution in [0.4, 0.5) is 4.39 Å². The summed E-state index contributed by atoms with van der Waals surface area (Å²) in [6.07, 6.45) is 0.800. The van der Waals surface area contributed by atoms with Gasteiger partial charge in [0, 0.05) is 6.54 Å². The molecule has 0 spiro atoms. The van der Waals surface area contributed by atoms with Gasteiger partial charge in [0.15, 0.2) is 0 Å². The van der Waals surface area contributed by atoms with E-state index in [2.05, 4.69) is 0 Å². The van der Waals surface area contributed by atoms with E-state index < -0.39 is 33.6 Å². The third-order valence-electron chi connectivity index (χ3n) is 3.18. The Labute approximate surface area is 121 Å². The van der Waals surface area contributed by atoms with Gasteiger partial charge in [-0.1, -0.05) is 17.7 Å². The number of rotatable bonds is 4. The first-order chi connectivity index (χ1) is 9.31. The summed E-state index contributed by atoms with van der Waals surface area (Å²) in [4.78, 5) is 11.0. The summed E-state index contributed by atoms with van der Waals surface area (Å²) in [5, 5.41) is 8.92. The predicted molar refractivity (Wildman–Crippen MR) is 71.4 cm³/mol. The Balaban J connectivity index is 2.22. The Morgan fingerprint density at radius 1 is 1.50 bits per heavy atom. The lowest BCUT2D eigenvalue weighted by Gasteiger charge is -2.20. The summed E-state index contributed by atoms with van der Waals surface area (Å²) in [6, 6.07) is 2.71. The van der Waals surface area contributed by atoms with Crippen molar-refractivity contribution in [3.05, 3.63) is 34.6 Å². The molecule has 2 rings (SSSR count).